The predicted molar refractivity (Wildman–Crippen MR) is 129 cm³/mol. The number of hydrogen-bond acceptors (Lipinski definition) is 6. The average Bonchev–Trinajstić information content (AvgIpc) is 3.06. The van der Waals surface area contributed by atoms with Crippen molar-refractivity contribution in [2.24, 2.45) is 0 Å². The molecule has 0 saturated carbocycles. The van der Waals surface area contributed by atoms with E-state index in [4.69, 9.17) is 9.47 Å². The Morgan fingerprint density at radius 1 is 0.941 bits per heavy atom. The maximum Gasteiger partial charge on any atom is 0.410 e. The Morgan fingerprint density at radius 2 is 1.71 bits per heavy atom. The molecule has 4 rings (SSSR count). The van der Waals surface area contributed by atoms with Crippen LogP contribution in [0.1, 0.15) is 27.2 Å². The smallest absolute Gasteiger partial charge is 0.410 e. The van der Waals surface area contributed by atoms with Crippen LogP contribution < -0.4 is 4.74 Å². The number of fused-ring (bicyclic) bond motifs is 1. The zero-order valence-corrected chi connectivity index (χ0v) is 20.4. The first kappa shape index (κ1) is 24.0. The molecule has 0 atom stereocenters. The van der Waals surface area contributed by atoms with Gasteiger partial charge in [-0.15, -0.1) is 0 Å². The van der Waals surface area contributed by atoms with Gasteiger partial charge in [-0.1, -0.05) is 30.3 Å². The number of pyridine rings is 1. The van der Waals surface area contributed by atoms with Gasteiger partial charge in [0.05, 0.1) is 11.1 Å². The zero-order valence-electron chi connectivity index (χ0n) is 19.6. The molecule has 1 aromatic heterocycles. The molecular formula is C25H29N3O5S. The average molecular weight is 484 g/mol. The van der Waals surface area contributed by atoms with Crippen LogP contribution in [-0.4, -0.2) is 60.5 Å². The number of hydrogen-bond donors (Lipinski definition) is 0. The third-order valence-electron chi connectivity index (χ3n) is 5.41. The van der Waals surface area contributed by atoms with E-state index in [9.17, 15) is 13.2 Å². The molecule has 8 nitrogen and oxygen atoms in total. The Morgan fingerprint density at radius 3 is 2.44 bits per heavy atom. The van der Waals surface area contributed by atoms with Crippen molar-refractivity contribution in [2.75, 3.05) is 26.2 Å². The van der Waals surface area contributed by atoms with Crippen LogP contribution in [0.5, 0.6) is 11.5 Å². The second-order valence-corrected chi connectivity index (χ2v) is 11.0. The molecular weight excluding hydrogens is 454 g/mol. The fourth-order valence-corrected chi connectivity index (χ4v) is 5.56. The maximum atomic E-state index is 13.8. The van der Waals surface area contributed by atoms with E-state index >= 15 is 0 Å². The monoisotopic (exact) mass is 483 g/mol. The number of benzene rings is 2. The summed E-state index contributed by atoms with van der Waals surface area (Å²) in [6.07, 6.45) is 3.24. The highest BCUT2D eigenvalue weighted by molar-refractivity contribution is 7.89. The maximum absolute atomic E-state index is 13.8. The number of sulfonamides is 1. The second-order valence-electron chi connectivity index (χ2n) is 9.13. The summed E-state index contributed by atoms with van der Waals surface area (Å²) in [6.45, 7) is 6.60. The van der Waals surface area contributed by atoms with Gasteiger partial charge in [0.1, 0.15) is 11.4 Å². The van der Waals surface area contributed by atoms with E-state index in [2.05, 4.69) is 4.98 Å². The second kappa shape index (κ2) is 9.60. The van der Waals surface area contributed by atoms with Crippen molar-refractivity contribution >= 4 is 26.9 Å². The van der Waals surface area contributed by atoms with Gasteiger partial charge < -0.3 is 14.4 Å². The molecule has 0 N–H and O–H groups in total. The van der Waals surface area contributed by atoms with E-state index in [0.717, 1.165) is 0 Å². The van der Waals surface area contributed by atoms with Crippen molar-refractivity contribution in [1.82, 2.24) is 14.2 Å². The van der Waals surface area contributed by atoms with E-state index < -0.39 is 21.7 Å². The molecule has 180 valence electrons. The molecule has 1 aliphatic heterocycles. The molecule has 0 bridgehead atoms. The summed E-state index contributed by atoms with van der Waals surface area (Å²) in [7, 11) is -3.86. The SMILES string of the molecule is CC(C)(C)OC(=O)N1CCCN(S(=O)(=O)c2cccc3cncc(Oc4ccccc4)c23)CC1. The van der Waals surface area contributed by atoms with Gasteiger partial charge in [0.15, 0.2) is 5.75 Å². The summed E-state index contributed by atoms with van der Waals surface area (Å²) in [6, 6.07) is 14.3. The molecule has 9 heteroatoms. The Balaban J connectivity index is 1.64. The van der Waals surface area contributed by atoms with Crippen LogP contribution >= 0.6 is 0 Å². The van der Waals surface area contributed by atoms with Crippen molar-refractivity contribution in [3.05, 3.63) is 60.9 Å². The number of rotatable bonds is 4. The van der Waals surface area contributed by atoms with Gasteiger partial charge >= 0.3 is 6.09 Å². The summed E-state index contributed by atoms with van der Waals surface area (Å²) < 4.78 is 40.5. The first-order valence-electron chi connectivity index (χ1n) is 11.2. The van der Waals surface area contributed by atoms with Crippen molar-refractivity contribution in [2.45, 2.75) is 37.7 Å². The lowest BCUT2D eigenvalue weighted by Crippen LogP contribution is -2.40. The quantitative estimate of drug-likeness (QED) is 0.536. The van der Waals surface area contributed by atoms with Gasteiger partial charge in [0.2, 0.25) is 10.0 Å². The number of carbonyl (C=O) groups excluding carboxylic acids is 1. The fraction of sp³-hybridized carbons (Fsp3) is 0.360. The zero-order chi connectivity index (χ0) is 24.3. The highest BCUT2D eigenvalue weighted by atomic mass is 32.2. The first-order valence-corrected chi connectivity index (χ1v) is 12.7. The number of carbonyl (C=O) groups is 1. The van der Waals surface area contributed by atoms with Gasteiger partial charge in [-0.25, -0.2) is 13.2 Å². The largest absolute Gasteiger partial charge is 0.455 e. The Labute approximate surface area is 200 Å². The molecule has 1 amide bonds. The van der Waals surface area contributed by atoms with Crippen molar-refractivity contribution in [3.63, 3.8) is 0 Å². The summed E-state index contributed by atoms with van der Waals surface area (Å²) >= 11 is 0. The number of para-hydroxylation sites is 1. The molecule has 1 fully saturated rings. The summed E-state index contributed by atoms with van der Waals surface area (Å²) in [5.74, 6) is 0.958. The van der Waals surface area contributed by atoms with Crippen molar-refractivity contribution < 1.29 is 22.7 Å². The Bertz CT molecular complexity index is 1270. The number of nitrogens with zero attached hydrogens (tertiary/aromatic N) is 3. The first-order chi connectivity index (χ1) is 16.1. The molecule has 0 unspecified atom stereocenters. The molecule has 2 heterocycles. The minimum absolute atomic E-state index is 0.157. The Kier molecular flexibility index (Phi) is 6.77. The summed E-state index contributed by atoms with van der Waals surface area (Å²) in [5.41, 5.74) is -0.610. The summed E-state index contributed by atoms with van der Waals surface area (Å²) in [4.78, 5) is 18.4. The van der Waals surface area contributed by atoms with Gasteiger partial charge in [-0.05, 0) is 45.4 Å². The molecule has 0 spiro atoms. The van der Waals surface area contributed by atoms with E-state index in [1.807, 2.05) is 45.0 Å². The van der Waals surface area contributed by atoms with E-state index in [-0.39, 0.29) is 18.0 Å². The van der Waals surface area contributed by atoms with Gasteiger partial charge in [0.25, 0.3) is 0 Å². The lowest BCUT2D eigenvalue weighted by molar-refractivity contribution is 0.0260. The molecule has 0 radical (unpaired) electrons. The van der Waals surface area contributed by atoms with Crippen LogP contribution in [0.15, 0.2) is 65.8 Å². The molecule has 0 aliphatic carbocycles. The predicted octanol–water partition coefficient (Wildman–Crippen LogP) is 4.66. The summed E-state index contributed by atoms with van der Waals surface area (Å²) in [5, 5.41) is 1.15. The standard InChI is InChI=1S/C25H29N3O5S/c1-25(2,3)33-24(29)27-13-8-14-28(16-15-27)34(30,31)22-12-7-9-19-17-26-18-21(23(19)22)32-20-10-5-4-6-11-20/h4-7,9-12,17-18H,8,13-16H2,1-3H3. The molecule has 34 heavy (non-hydrogen) atoms. The van der Waals surface area contributed by atoms with Gasteiger partial charge in [-0.2, -0.15) is 4.31 Å². The van der Waals surface area contributed by atoms with Crippen LogP contribution in [0.25, 0.3) is 10.8 Å². The number of amides is 1. The molecule has 1 aliphatic rings. The van der Waals surface area contributed by atoms with E-state index in [0.29, 0.717) is 41.8 Å². The van der Waals surface area contributed by atoms with Gasteiger partial charge in [0, 0.05) is 43.1 Å². The van der Waals surface area contributed by atoms with E-state index in [1.54, 1.807) is 35.4 Å². The van der Waals surface area contributed by atoms with Crippen molar-refractivity contribution in [1.29, 1.82) is 0 Å². The third kappa shape index (κ3) is 5.31. The van der Waals surface area contributed by atoms with Gasteiger partial charge in [-0.3, -0.25) is 4.98 Å². The van der Waals surface area contributed by atoms with E-state index in [1.165, 1.54) is 10.5 Å². The Hall–Kier alpha value is -3.17. The minimum atomic E-state index is -3.86. The van der Waals surface area contributed by atoms with Crippen LogP contribution in [0, 0.1) is 0 Å². The lowest BCUT2D eigenvalue weighted by atomic mass is 10.1. The highest BCUT2D eigenvalue weighted by Gasteiger charge is 2.31. The molecule has 3 aromatic rings. The molecule has 1 saturated heterocycles. The highest BCUT2D eigenvalue weighted by Crippen LogP contribution is 2.35. The number of ether oxygens (including phenoxy) is 2. The van der Waals surface area contributed by atoms with Crippen LogP contribution in [0.4, 0.5) is 4.79 Å². The minimum Gasteiger partial charge on any atom is -0.455 e. The van der Waals surface area contributed by atoms with Crippen molar-refractivity contribution in [3.8, 4) is 11.5 Å². The lowest BCUT2D eigenvalue weighted by Gasteiger charge is -2.26. The van der Waals surface area contributed by atoms with Crippen LogP contribution in [-0.2, 0) is 14.8 Å². The topological polar surface area (TPSA) is 89.0 Å². The normalized spacial score (nSPS) is 15.7. The third-order valence-corrected chi connectivity index (χ3v) is 7.35. The number of aromatic nitrogens is 1. The fourth-order valence-electron chi connectivity index (χ4n) is 3.86. The van der Waals surface area contributed by atoms with Crippen LogP contribution in [0.2, 0.25) is 0 Å². The molecule has 2 aromatic carbocycles. The van der Waals surface area contributed by atoms with Crippen LogP contribution in [0.3, 0.4) is 0 Å².